The zero-order valence-corrected chi connectivity index (χ0v) is 13.2. The lowest BCUT2D eigenvalue weighted by atomic mass is 9.87. The third-order valence-corrected chi connectivity index (χ3v) is 3.30. The van der Waals surface area contributed by atoms with E-state index in [0.29, 0.717) is 19.1 Å². The standard InChI is InChI=1S/C14H27N3O3/c1-6-17(5)12(18)9-15-10-7-11(8-10)16-13(19)20-14(2,3)4/h10-11,15H,6-9H2,1-5H3,(H,16,19). The molecule has 2 N–H and O–H groups in total. The van der Waals surface area contributed by atoms with Crippen LogP contribution in [0.15, 0.2) is 0 Å². The van der Waals surface area contributed by atoms with E-state index in [2.05, 4.69) is 10.6 Å². The molecule has 0 aromatic heterocycles. The molecule has 0 aliphatic heterocycles. The number of hydrogen-bond donors (Lipinski definition) is 2. The van der Waals surface area contributed by atoms with E-state index in [1.54, 1.807) is 11.9 Å². The van der Waals surface area contributed by atoms with Crippen molar-refractivity contribution in [3.8, 4) is 0 Å². The quantitative estimate of drug-likeness (QED) is 0.794. The molecule has 0 atom stereocenters. The number of amides is 2. The SMILES string of the molecule is CCN(C)C(=O)CNC1CC(NC(=O)OC(C)(C)C)C1. The third kappa shape index (κ3) is 5.77. The van der Waals surface area contributed by atoms with Gasteiger partial charge in [-0.25, -0.2) is 4.79 Å². The van der Waals surface area contributed by atoms with Crippen LogP contribution in [0.1, 0.15) is 40.5 Å². The van der Waals surface area contributed by atoms with Crippen LogP contribution in [0.25, 0.3) is 0 Å². The smallest absolute Gasteiger partial charge is 0.407 e. The number of likely N-dealkylation sites (N-methyl/N-ethyl adjacent to an activating group) is 1. The van der Waals surface area contributed by atoms with E-state index in [1.165, 1.54) is 0 Å². The van der Waals surface area contributed by atoms with Crippen molar-refractivity contribution in [3.63, 3.8) is 0 Å². The zero-order chi connectivity index (χ0) is 15.3. The van der Waals surface area contributed by atoms with E-state index in [1.807, 2.05) is 27.7 Å². The molecule has 1 rings (SSSR count). The summed E-state index contributed by atoms with van der Waals surface area (Å²) in [6.45, 7) is 8.54. The lowest BCUT2D eigenvalue weighted by Gasteiger charge is -2.36. The molecule has 1 aliphatic carbocycles. The number of ether oxygens (including phenoxy) is 1. The van der Waals surface area contributed by atoms with E-state index >= 15 is 0 Å². The maximum atomic E-state index is 11.6. The first-order chi connectivity index (χ1) is 9.21. The molecule has 0 bridgehead atoms. The van der Waals surface area contributed by atoms with Crippen molar-refractivity contribution in [2.75, 3.05) is 20.1 Å². The Labute approximate surface area is 121 Å². The maximum absolute atomic E-state index is 11.6. The van der Waals surface area contributed by atoms with Gasteiger partial charge in [0.2, 0.25) is 5.91 Å². The second-order valence-corrected chi connectivity index (χ2v) is 6.30. The molecular weight excluding hydrogens is 258 g/mol. The van der Waals surface area contributed by atoms with Gasteiger partial charge < -0.3 is 20.3 Å². The number of rotatable bonds is 5. The fraction of sp³-hybridized carbons (Fsp3) is 0.857. The van der Waals surface area contributed by atoms with Crippen LogP contribution in [0.5, 0.6) is 0 Å². The van der Waals surface area contributed by atoms with Crippen LogP contribution in [-0.2, 0) is 9.53 Å². The van der Waals surface area contributed by atoms with Crippen molar-refractivity contribution in [1.82, 2.24) is 15.5 Å². The second-order valence-electron chi connectivity index (χ2n) is 6.30. The minimum absolute atomic E-state index is 0.0936. The first-order valence-corrected chi connectivity index (χ1v) is 7.18. The lowest BCUT2D eigenvalue weighted by Crippen LogP contribution is -2.54. The van der Waals surface area contributed by atoms with Crippen molar-refractivity contribution in [2.45, 2.75) is 58.2 Å². The fourth-order valence-electron chi connectivity index (χ4n) is 1.92. The van der Waals surface area contributed by atoms with Gasteiger partial charge >= 0.3 is 6.09 Å². The molecule has 1 aliphatic rings. The van der Waals surface area contributed by atoms with Gasteiger partial charge in [0, 0.05) is 25.7 Å². The highest BCUT2D eigenvalue weighted by atomic mass is 16.6. The molecule has 0 aromatic carbocycles. The number of nitrogens with one attached hydrogen (secondary N) is 2. The number of nitrogens with zero attached hydrogens (tertiary/aromatic N) is 1. The Kier molecular flexibility index (Phi) is 5.80. The van der Waals surface area contributed by atoms with Crippen LogP contribution in [0.2, 0.25) is 0 Å². The Balaban J connectivity index is 2.14. The summed E-state index contributed by atoms with van der Waals surface area (Å²) in [6.07, 6.45) is 1.30. The van der Waals surface area contributed by atoms with E-state index < -0.39 is 5.60 Å². The summed E-state index contributed by atoms with van der Waals surface area (Å²) in [5, 5.41) is 6.03. The Bertz CT molecular complexity index is 346. The summed E-state index contributed by atoms with van der Waals surface area (Å²) >= 11 is 0. The number of carbonyl (C=O) groups is 2. The average molecular weight is 285 g/mol. The van der Waals surface area contributed by atoms with Gasteiger partial charge in [0.1, 0.15) is 5.60 Å². The highest BCUT2D eigenvalue weighted by Gasteiger charge is 2.31. The molecule has 1 fully saturated rings. The highest BCUT2D eigenvalue weighted by molar-refractivity contribution is 5.77. The molecule has 0 spiro atoms. The molecular formula is C14H27N3O3. The van der Waals surface area contributed by atoms with Crippen LogP contribution in [0.4, 0.5) is 4.79 Å². The highest BCUT2D eigenvalue weighted by Crippen LogP contribution is 2.20. The van der Waals surface area contributed by atoms with E-state index in [0.717, 1.165) is 12.8 Å². The third-order valence-electron chi connectivity index (χ3n) is 3.30. The van der Waals surface area contributed by atoms with Crippen LogP contribution in [-0.4, -0.2) is 54.7 Å². The summed E-state index contributed by atoms with van der Waals surface area (Å²) in [4.78, 5) is 24.8. The minimum Gasteiger partial charge on any atom is -0.444 e. The summed E-state index contributed by atoms with van der Waals surface area (Å²) in [5.74, 6) is 0.0936. The van der Waals surface area contributed by atoms with Gasteiger partial charge in [-0.3, -0.25) is 4.79 Å². The Morgan fingerprint density at radius 1 is 1.25 bits per heavy atom. The van der Waals surface area contributed by atoms with E-state index in [4.69, 9.17) is 4.74 Å². The number of hydrogen-bond acceptors (Lipinski definition) is 4. The Hall–Kier alpha value is -1.30. The zero-order valence-electron chi connectivity index (χ0n) is 13.2. The van der Waals surface area contributed by atoms with Crippen molar-refractivity contribution in [1.29, 1.82) is 0 Å². The van der Waals surface area contributed by atoms with Crippen LogP contribution < -0.4 is 10.6 Å². The first kappa shape index (κ1) is 16.8. The largest absolute Gasteiger partial charge is 0.444 e. The molecule has 20 heavy (non-hydrogen) atoms. The summed E-state index contributed by atoms with van der Waals surface area (Å²) in [6, 6.07) is 0.436. The topological polar surface area (TPSA) is 70.7 Å². The molecule has 6 nitrogen and oxygen atoms in total. The fourth-order valence-corrected chi connectivity index (χ4v) is 1.92. The molecule has 0 saturated heterocycles. The van der Waals surface area contributed by atoms with Crippen LogP contribution in [0, 0.1) is 0 Å². The molecule has 0 radical (unpaired) electrons. The summed E-state index contributed by atoms with van der Waals surface area (Å²) < 4.78 is 5.19. The van der Waals surface area contributed by atoms with Gasteiger partial charge in [-0.05, 0) is 40.5 Å². The summed E-state index contributed by atoms with van der Waals surface area (Å²) in [7, 11) is 1.79. The van der Waals surface area contributed by atoms with E-state index in [-0.39, 0.29) is 18.0 Å². The predicted molar refractivity (Wildman–Crippen MR) is 77.5 cm³/mol. The Morgan fingerprint density at radius 3 is 2.35 bits per heavy atom. The van der Waals surface area contributed by atoms with Gasteiger partial charge in [-0.1, -0.05) is 0 Å². The van der Waals surface area contributed by atoms with Crippen molar-refractivity contribution < 1.29 is 14.3 Å². The van der Waals surface area contributed by atoms with Crippen molar-refractivity contribution in [3.05, 3.63) is 0 Å². The van der Waals surface area contributed by atoms with Crippen molar-refractivity contribution in [2.24, 2.45) is 0 Å². The van der Waals surface area contributed by atoms with Gasteiger partial charge in [0.25, 0.3) is 0 Å². The van der Waals surface area contributed by atoms with Crippen molar-refractivity contribution >= 4 is 12.0 Å². The minimum atomic E-state index is -0.470. The van der Waals surface area contributed by atoms with Gasteiger partial charge in [0.15, 0.2) is 0 Å². The molecule has 2 amide bonds. The Morgan fingerprint density at radius 2 is 1.85 bits per heavy atom. The predicted octanol–water partition coefficient (Wildman–Crippen LogP) is 1.11. The number of alkyl carbamates (subject to hydrolysis) is 1. The summed E-state index contributed by atoms with van der Waals surface area (Å²) in [5.41, 5.74) is -0.470. The van der Waals surface area contributed by atoms with Gasteiger partial charge in [0.05, 0.1) is 6.54 Å². The van der Waals surface area contributed by atoms with Crippen LogP contribution >= 0.6 is 0 Å². The molecule has 1 saturated carbocycles. The number of carbonyl (C=O) groups excluding carboxylic acids is 2. The monoisotopic (exact) mass is 285 g/mol. The molecule has 0 heterocycles. The molecule has 0 unspecified atom stereocenters. The maximum Gasteiger partial charge on any atom is 0.407 e. The first-order valence-electron chi connectivity index (χ1n) is 7.18. The van der Waals surface area contributed by atoms with Crippen LogP contribution in [0.3, 0.4) is 0 Å². The molecule has 6 heteroatoms. The molecule has 0 aromatic rings. The van der Waals surface area contributed by atoms with Gasteiger partial charge in [-0.2, -0.15) is 0 Å². The second kappa shape index (κ2) is 6.92. The average Bonchev–Trinajstić information content (AvgIpc) is 2.27. The normalized spacial score (nSPS) is 21.9. The van der Waals surface area contributed by atoms with Gasteiger partial charge in [-0.15, -0.1) is 0 Å². The van der Waals surface area contributed by atoms with E-state index in [9.17, 15) is 9.59 Å². The lowest BCUT2D eigenvalue weighted by molar-refractivity contribution is -0.129. The molecule has 116 valence electrons.